The maximum Gasteiger partial charge on any atom is 0.508 e. The molecular weight excluding hydrogens is 278 g/mol. The minimum absolute atomic E-state index is 0.346. The van der Waals surface area contributed by atoms with E-state index in [4.69, 9.17) is 14.7 Å². The maximum atomic E-state index is 11.2. The molecule has 0 aromatic heterocycles. The Morgan fingerprint density at radius 3 is 1.73 bits per heavy atom. The van der Waals surface area contributed by atoms with Crippen molar-refractivity contribution in [1.82, 2.24) is 0 Å². The second-order valence-electron chi connectivity index (χ2n) is 5.74. The molecule has 0 aliphatic carbocycles. The van der Waals surface area contributed by atoms with Crippen molar-refractivity contribution in [3.8, 4) is 6.07 Å². The molecule has 0 N–H and O–H groups in total. The maximum absolute atomic E-state index is 11.2. The highest BCUT2D eigenvalue weighted by molar-refractivity contribution is 5.59. The minimum atomic E-state index is -0.576. The fourth-order valence-electron chi connectivity index (χ4n) is 2.25. The number of unbranched alkanes of at least 4 members (excludes halogenated alkanes) is 11. The van der Waals surface area contributed by atoms with Crippen LogP contribution in [0.1, 0.15) is 90.4 Å². The van der Waals surface area contributed by atoms with Crippen LogP contribution in [0.25, 0.3) is 0 Å². The van der Waals surface area contributed by atoms with Gasteiger partial charge in [-0.1, -0.05) is 64.7 Å². The van der Waals surface area contributed by atoms with E-state index in [-0.39, 0.29) is 0 Å². The van der Waals surface area contributed by atoms with Gasteiger partial charge in [-0.3, -0.25) is 0 Å². The molecule has 0 aliphatic heterocycles. The first-order valence-electron chi connectivity index (χ1n) is 8.97. The van der Waals surface area contributed by atoms with Crippen molar-refractivity contribution < 1.29 is 14.3 Å². The van der Waals surface area contributed by atoms with Crippen molar-refractivity contribution >= 4 is 6.16 Å². The molecule has 0 aromatic carbocycles. The van der Waals surface area contributed by atoms with Gasteiger partial charge in [-0.05, 0) is 19.3 Å². The molecule has 0 amide bonds. The zero-order valence-corrected chi connectivity index (χ0v) is 14.3. The van der Waals surface area contributed by atoms with E-state index in [1.54, 1.807) is 0 Å². The summed E-state index contributed by atoms with van der Waals surface area (Å²) < 4.78 is 9.90. The van der Waals surface area contributed by atoms with Crippen LogP contribution in [0.5, 0.6) is 0 Å². The van der Waals surface area contributed by atoms with Gasteiger partial charge in [0.25, 0.3) is 0 Å². The van der Waals surface area contributed by atoms with Crippen LogP contribution in [0.4, 0.5) is 4.79 Å². The van der Waals surface area contributed by atoms with Crippen LogP contribution in [-0.2, 0) is 9.47 Å². The molecule has 0 fully saturated rings. The Bertz CT molecular complexity index is 287. The van der Waals surface area contributed by atoms with Crippen LogP contribution in [0, 0.1) is 11.3 Å². The molecule has 0 rings (SSSR count). The molecule has 0 saturated heterocycles. The Kier molecular flexibility index (Phi) is 16.8. The first kappa shape index (κ1) is 20.8. The molecule has 0 atom stereocenters. The zero-order valence-electron chi connectivity index (χ0n) is 14.3. The largest absolute Gasteiger partial charge is 0.508 e. The topological polar surface area (TPSA) is 59.3 Å². The lowest BCUT2D eigenvalue weighted by molar-refractivity contribution is 0.0531. The molecule has 128 valence electrons. The van der Waals surface area contributed by atoms with Crippen LogP contribution in [0.15, 0.2) is 0 Å². The molecule has 0 aliphatic rings. The second-order valence-corrected chi connectivity index (χ2v) is 5.74. The molecule has 22 heavy (non-hydrogen) atoms. The molecule has 0 heterocycles. The lowest BCUT2D eigenvalue weighted by Crippen LogP contribution is -2.09. The molecule has 4 nitrogen and oxygen atoms in total. The van der Waals surface area contributed by atoms with Gasteiger partial charge >= 0.3 is 6.16 Å². The predicted molar refractivity (Wildman–Crippen MR) is 88.6 cm³/mol. The number of rotatable bonds is 15. The normalized spacial score (nSPS) is 10.2. The molecule has 0 spiro atoms. The molecule has 0 bridgehead atoms. The summed E-state index contributed by atoms with van der Waals surface area (Å²) in [5.74, 6) is 0. The molecule has 0 saturated carbocycles. The highest BCUT2D eigenvalue weighted by atomic mass is 16.7. The van der Waals surface area contributed by atoms with Gasteiger partial charge in [0.2, 0.25) is 0 Å². The Hall–Kier alpha value is -1.24. The number of carbonyl (C=O) groups is 1. The van der Waals surface area contributed by atoms with E-state index < -0.39 is 6.16 Å². The van der Waals surface area contributed by atoms with Gasteiger partial charge in [-0.2, -0.15) is 5.26 Å². The highest BCUT2D eigenvalue weighted by Crippen LogP contribution is 2.10. The van der Waals surface area contributed by atoms with Crippen molar-refractivity contribution in [1.29, 1.82) is 5.26 Å². The summed E-state index contributed by atoms with van der Waals surface area (Å²) >= 11 is 0. The minimum Gasteiger partial charge on any atom is -0.434 e. The van der Waals surface area contributed by atoms with E-state index in [1.807, 2.05) is 0 Å². The molecule has 0 unspecified atom stereocenters. The van der Waals surface area contributed by atoms with Gasteiger partial charge < -0.3 is 9.47 Å². The van der Waals surface area contributed by atoms with Crippen molar-refractivity contribution in [3.63, 3.8) is 0 Å². The van der Waals surface area contributed by atoms with Crippen molar-refractivity contribution in [2.24, 2.45) is 0 Å². The average molecular weight is 311 g/mol. The van der Waals surface area contributed by atoms with Crippen LogP contribution in [0.2, 0.25) is 0 Å². The van der Waals surface area contributed by atoms with Crippen LogP contribution in [-0.4, -0.2) is 19.4 Å². The Labute approximate surface area is 136 Å². The third-order valence-corrected chi connectivity index (χ3v) is 3.62. The smallest absolute Gasteiger partial charge is 0.434 e. The van der Waals surface area contributed by atoms with Gasteiger partial charge in [0.05, 0.1) is 19.3 Å². The van der Waals surface area contributed by atoms with E-state index >= 15 is 0 Å². The summed E-state index contributed by atoms with van der Waals surface area (Å²) in [5.41, 5.74) is 0. The summed E-state index contributed by atoms with van der Waals surface area (Å²) in [6, 6.07) is 2.06. The lowest BCUT2D eigenvalue weighted by Gasteiger charge is -2.06. The van der Waals surface area contributed by atoms with Crippen molar-refractivity contribution in [3.05, 3.63) is 0 Å². The second kappa shape index (κ2) is 17.8. The monoisotopic (exact) mass is 311 g/mol. The zero-order chi connectivity index (χ0) is 16.3. The fourth-order valence-corrected chi connectivity index (χ4v) is 2.25. The fraction of sp³-hybridized carbons (Fsp3) is 0.889. The Morgan fingerprint density at radius 1 is 0.773 bits per heavy atom. The highest BCUT2D eigenvalue weighted by Gasteiger charge is 2.02. The average Bonchev–Trinajstić information content (AvgIpc) is 2.52. The van der Waals surface area contributed by atoms with Crippen LogP contribution < -0.4 is 0 Å². The Morgan fingerprint density at radius 2 is 1.23 bits per heavy atom. The summed E-state index contributed by atoms with van der Waals surface area (Å²) in [5, 5.41) is 8.36. The molecule has 0 radical (unpaired) electrons. The quantitative estimate of drug-likeness (QED) is 0.285. The third-order valence-electron chi connectivity index (χ3n) is 3.62. The van der Waals surface area contributed by atoms with Crippen LogP contribution in [0.3, 0.4) is 0 Å². The van der Waals surface area contributed by atoms with E-state index in [0.29, 0.717) is 19.6 Å². The first-order valence-corrected chi connectivity index (χ1v) is 8.97. The third kappa shape index (κ3) is 16.8. The number of hydrogen-bond acceptors (Lipinski definition) is 4. The van der Waals surface area contributed by atoms with Crippen LogP contribution >= 0.6 is 0 Å². The molecule has 4 heteroatoms. The first-order chi connectivity index (χ1) is 10.8. The van der Waals surface area contributed by atoms with Gasteiger partial charge in [-0.25, -0.2) is 4.79 Å². The summed E-state index contributed by atoms with van der Waals surface area (Å²) in [6.45, 7) is 3.04. The number of hydrogen-bond donors (Lipinski definition) is 0. The van der Waals surface area contributed by atoms with Crippen molar-refractivity contribution in [2.45, 2.75) is 90.4 Å². The van der Waals surface area contributed by atoms with Gasteiger partial charge in [0, 0.05) is 6.42 Å². The van der Waals surface area contributed by atoms with Crippen molar-refractivity contribution in [2.75, 3.05) is 13.2 Å². The van der Waals surface area contributed by atoms with E-state index in [2.05, 4.69) is 13.0 Å². The standard InChI is InChI=1S/C18H33NO3/c1-2-3-4-5-6-7-8-9-10-13-16-21-18(20)22-17-14-11-12-15-19/h2-14,16-17H2,1H3. The molecular formula is C18H33NO3. The summed E-state index contributed by atoms with van der Waals surface area (Å²) in [6.07, 6.45) is 14.1. The number of nitrogens with zero attached hydrogens (tertiary/aromatic N) is 1. The Balaban J connectivity index is 3.12. The van der Waals surface area contributed by atoms with E-state index in [9.17, 15) is 4.79 Å². The number of nitriles is 1. The summed E-state index contributed by atoms with van der Waals surface area (Å²) in [4.78, 5) is 11.2. The summed E-state index contributed by atoms with van der Waals surface area (Å²) in [7, 11) is 0. The van der Waals surface area contributed by atoms with E-state index in [1.165, 1.54) is 51.4 Å². The number of ether oxygens (including phenoxy) is 2. The lowest BCUT2D eigenvalue weighted by atomic mass is 10.1. The molecule has 0 aromatic rings. The number of carbonyl (C=O) groups excluding carboxylic acids is 1. The van der Waals surface area contributed by atoms with Gasteiger partial charge in [-0.15, -0.1) is 0 Å². The van der Waals surface area contributed by atoms with E-state index in [0.717, 1.165) is 25.7 Å². The van der Waals surface area contributed by atoms with Gasteiger partial charge in [0.15, 0.2) is 0 Å². The predicted octanol–water partition coefficient (Wildman–Crippen LogP) is 5.75. The SMILES string of the molecule is CCCCCCCCCCCCOC(=O)OCCCCC#N. The van der Waals surface area contributed by atoms with Gasteiger partial charge in [0.1, 0.15) is 0 Å².